The molecule has 1 heterocycles. The molecule has 0 saturated heterocycles. The maximum absolute atomic E-state index is 14.0. The maximum Gasteiger partial charge on any atom is 0.255 e. The number of nitrogens with two attached hydrogens (primary N) is 1. The Morgan fingerprint density at radius 3 is 2.37 bits per heavy atom. The molecule has 3 rings (SSSR count). The van der Waals surface area contributed by atoms with Crippen LogP contribution in [0.5, 0.6) is 0 Å². The van der Waals surface area contributed by atoms with Gasteiger partial charge >= 0.3 is 0 Å². The molecule has 0 unspecified atom stereocenters. The van der Waals surface area contributed by atoms with Gasteiger partial charge in [0.2, 0.25) is 0 Å². The summed E-state index contributed by atoms with van der Waals surface area (Å²) in [5.74, 6) is -0.728. The Morgan fingerprint density at radius 1 is 1.17 bits per heavy atom. The zero-order chi connectivity index (χ0) is 22.5. The van der Waals surface area contributed by atoms with Gasteiger partial charge in [0.05, 0.1) is 17.5 Å². The fraction of sp³-hybridized carbons (Fsp3) is 0.238. The van der Waals surface area contributed by atoms with Gasteiger partial charge in [-0.3, -0.25) is 9.89 Å². The smallest absolute Gasteiger partial charge is 0.255 e. The number of carbonyl (C=O) groups excluding carboxylic acids is 1. The lowest BCUT2D eigenvalue weighted by atomic mass is 10.0. The van der Waals surface area contributed by atoms with Crippen molar-refractivity contribution in [1.82, 2.24) is 15.5 Å². The Kier molecular flexibility index (Phi) is 11.7. The first-order valence-electron chi connectivity index (χ1n) is 8.99. The Morgan fingerprint density at radius 2 is 1.80 bits per heavy atom. The summed E-state index contributed by atoms with van der Waals surface area (Å²) in [5.41, 5.74) is 5.05. The SMILES string of the molecule is CN.CSCCNC(=O)c1cn[nH]c1-c1c(F)ccc(F)c1C.Clc1ccccc1. The van der Waals surface area contributed by atoms with Crippen LogP contribution in [0, 0.1) is 18.6 Å². The first kappa shape index (κ1) is 25.6. The number of hydrogen-bond acceptors (Lipinski definition) is 4. The zero-order valence-electron chi connectivity index (χ0n) is 17.0. The largest absolute Gasteiger partial charge is 0.351 e. The molecule has 9 heteroatoms. The molecular weight excluding hydrogens is 430 g/mol. The Balaban J connectivity index is 0.000000418. The fourth-order valence-corrected chi connectivity index (χ4v) is 2.84. The Labute approximate surface area is 184 Å². The molecule has 0 spiro atoms. The third kappa shape index (κ3) is 7.44. The third-order valence-electron chi connectivity index (χ3n) is 3.81. The summed E-state index contributed by atoms with van der Waals surface area (Å²) in [5, 5.41) is 9.87. The first-order chi connectivity index (χ1) is 14.5. The van der Waals surface area contributed by atoms with Crippen LogP contribution < -0.4 is 11.1 Å². The van der Waals surface area contributed by atoms with E-state index in [1.54, 1.807) is 11.8 Å². The molecule has 1 aromatic heterocycles. The number of nitrogens with zero attached hydrogens (tertiary/aromatic N) is 1. The average molecular weight is 455 g/mol. The number of rotatable bonds is 5. The normalized spacial score (nSPS) is 9.70. The van der Waals surface area contributed by atoms with Gasteiger partial charge in [0.25, 0.3) is 5.91 Å². The molecule has 5 nitrogen and oxygen atoms in total. The Hall–Kier alpha value is -2.42. The molecule has 0 aliphatic carbocycles. The molecule has 0 atom stereocenters. The Bertz CT molecular complexity index is 923. The van der Waals surface area contributed by atoms with E-state index in [4.69, 9.17) is 11.6 Å². The highest BCUT2D eigenvalue weighted by Gasteiger charge is 2.20. The van der Waals surface area contributed by atoms with E-state index >= 15 is 0 Å². The van der Waals surface area contributed by atoms with E-state index in [2.05, 4.69) is 21.2 Å². The number of thioether (sulfide) groups is 1. The second-order valence-corrected chi connectivity index (χ2v) is 7.15. The summed E-state index contributed by atoms with van der Waals surface area (Å²) in [7, 11) is 1.50. The van der Waals surface area contributed by atoms with Crippen molar-refractivity contribution in [3.05, 3.63) is 76.4 Å². The summed E-state index contributed by atoms with van der Waals surface area (Å²) in [6, 6.07) is 11.5. The van der Waals surface area contributed by atoms with Crippen molar-refractivity contribution < 1.29 is 13.6 Å². The van der Waals surface area contributed by atoms with Crippen LogP contribution in [0.15, 0.2) is 48.7 Å². The fourth-order valence-electron chi connectivity index (χ4n) is 2.39. The summed E-state index contributed by atoms with van der Waals surface area (Å²) in [6.07, 6.45) is 3.24. The molecule has 2 aromatic carbocycles. The topological polar surface area (TPSA) is 83.8 Å². The quantitative estimate of drug-likeness (QED) is 0.489. The number of aromatic amines is 1. The zero-order valence-corrected chi connectivity index (χ0v) is 18.6. The van der Waals surface area contributed by atoms with Crippen molar-refractivity contribution in [2.24, 2.45) is 5.73 Å². The molecule has 162 valence electrons. The number of benzene rings is 2. The van der Waals surface area contributed by atoms with Gasteiger partial charge in [-0.2, -0.15) is 16.9 Å². The van der Waals surface area contributed by atoms with Crippen LogP contribution in [0.1, 0.15) is 15.9 Å². The summed E-state index contributed by atoms with van der Waals surface area (Å²) < 4.78 is 27.6. The van der Waals surface area contributed by atoms with Crippen LogP contribution in [-0.4, -0.2) is 41.7 Å². The molecule has 0 fully saturated rings. The summed E-state index contributed by atoms with van der Waals surface area (Å²) >= 11 is 7.14. The van der Waals surface area contributed by atoms with Gasteiger partial charge < -0.3 is 11.1 Å². The van der Waals surface area contributed by atoms with Gasteiger partial charge in [-0.05, 0) is 50.1 Å². The van der Waals surface area contributed by atoms with Gasteiger partial charge in [-0.25, -0.2) is 8.78 Å². The van der Waals surface area contributed by atoms with Gasteiger partial charge in [0.15, 0.2) is 0 Å². The summed E-state index contributed by atoms with van der Waals surface area (Å²) in [4.78, 5) is 12.1. The second-order valence-electron chi connectivity index (χ2n) is 5.73. The lowest BCUT2D eigenvalue weighted by Crippen LogP contribution is -2.25. The highest BCUT2D eigenvalue weighted by molar-refractivity contribution is 7.98. The van der Waals surface area contributed by atoms with Crippen molar-refractivity contribution in [3.63, 3.8) is 0 Å². The second kappa shape index (κ2) is 13.7. The van der Waals surface area contributed by atoms with Crippen molar-refractivity contribution in [2.75, 3.05) is 25.6 Å². The minimum Gasteiger partial charge on any atom is -0.351 e. The molecule has 4 N–H and O–H groups in total. The van der Waals surface area contributed by atoms with Crippen molar-refractivity contribution >= 4 is 29.3 Å². The molecule has 0 saturated carbocycles. The first-order valence-corrected chi connectivity index (χ1v) is 10.8. The minimum absolute atomic E-state index is 0.0301. The average Bonchev–Trinajstić information content (AvgIpc) is 3.23. The van der Waals surface area contributed by atoms with E-state index in [1.165, 1.54) is 20.2 Å². The van der Waals surface area contributed by atoms with Crippen LogP contribution >= 0.6 is 23.4 Å². The highest BCUT2D eigenvalue weighted by Crippen LogP contribution is 2.29. The predicted octanol–water partition coefficient (Wildman–Crippen LogP) is 4.67. The molecule has 3 aromatic rings. The molecule has 1 amide bonds. The van der Waals surface area contributed by atoms with Crippen molar-refractivity contribution in [2.45, 2.75) is 6.92 Å². The molecule has 0 aliphatic heterocycles. The number of nitrogens with one attached hydrogen (secondary N) is 2. The number of amides is 1. The number of hydrogen-bond donors (Lipinski definition) is 3. The van der Waals surface area contributed by atoms with Gasteiger partial charge in [-0.1, -0.05) is 29.8 Å². The van der Waals surface area contributed by atoms with Crippen molar-refractivity contribution in [3.8, 4) is 11.3 Å². The van der Waals surface area contributed by atoms with Crippen LogP contribution in [0.4, 0.5) is 8.78 Å². The molecular formula is C21H25ClF2N4OS. The van der Waals surface area contributed by atoms with Gasteiger partial charge in [0.1, 0.15) is 11.6 Å². The molecule has 0 radical (unpaired) electrons. The number of halogens is 3. The van der Waals surface area contributed by atoms with E-state index in [1.807, 2.05) is 36.6 Å². The van der Waals surface area contributed by atoms with E-state index in [9.17, 15) is 13.6 Å². The van der Waals surface area contributed by atoms with Crippen LogP contribution in [-0.2, 0) is 0 Å². The van der Waals surface area contributed by atoms with E-state index in [0.29, 0.717) is 6.54 Å². The van der Waals surface area contributed by atoms with Gasteiger partial charge in [-0.15, -0.1) is 0 Å². The van der Waals surface area contributed by atoms with E-state index in [-0.39, 0.29) is 28.3 Å². The highest BCUT2D eigenvalue weighted by atomic mass is 35.5. The minimum atomic E-state index is -0.601. The lowest BCUT2D eigenvalue weighted by Gasteiger charge is -2.09. The van der Waals surface area contributed by atoms with Gasteiger partial charge in [0, 0.05) is 22.9 Å². The lowest BCUT2D eigenvalue weighted by molar-refractivity contribution is 0.0957. The number of H-pyrrole nitrogens is 1. The molecule has 0 aliphatic rings. The number of aromatic nitrogens is 2. The van der Waals surface area contributed by atoms with Crippen LogP contribution in [0.25, 0.3) is 11.3 Å². The maximum atomic E-state index is 14.0. The van der Waals surface area contributed by atoms with E-state index in [0.717, 1.165) is 22.9 Å². The van der Waals surface area contributed by atoms with Crippen LogP contribution in [0.3, 0.4) is 0 Å². The standard InChI is InChI=1S/C14H15F2N3OS.C6H5Cl.CH5N/c1-8-10(15)3-4-11(16)12(8)13-9(7-18-19-13)14(20)17-5-6-21-2;7-6-4-2-1-3-5-6;1-2/h3-4,7H,5-6H2,1-2H3,(H,17,20)(H,18,19);1-5H;2H2,1H3. The van der Waals surface area contributed by atoms with Crippen LogP contribution in [0.2, 0.25) is 5.02 Å². The molecule has 0 bridgehead atoms. The summed E-state index contributed by atoms with van der Waals surface area (Å²) in [6.45, 7) is 1.96. The number of carbonyl (C=O) groups is 1. The predicted molar refractivity (Wildman–Crippen MR) is 121 cm³/mol. The molecule has 30 heavy (non-hydrogen) atoms. The van der Waals surface area contributed by atoms with Crippen molar-refractivity contribution in [1.29, 1.82) is 0 Å². The monoisotopic (exact) mass is 454 g/mol. The third-order valence-corrected chi connectivity index (χ3v) is 4.67. The van der Waals surface area contributed by atoms with E-state index < -0.39 is 11.6 Å².